The van der Waals surface area contributed by atoms with Crippen LogP contribution in [0.25, 0.3) is 0 Å². The van der Waals surface area contributed by atoms with Crippen molar-refractivity contribution >= 4 is 12.1 Å². The maximum atomic E-state index is 12.3. The van der Waals surface area contributed by atoms with Gasteiger partial charge in [-0.25, -0.2) is 4.79 Å². The number of hydrogen-bond acceptors (Lipinski definition) is 7. The third-order valence-electron chi connectivity index (χ3n) is 7.31. The van der Waals surface area contributed by atoms with Crippen LogP contribution in [0, 0.1) is 5.92 Å². The quantitative estimate of drug-likeness (QED) is 0.393. The van der Waals surface area contributed by atoms with Gasteiger partial charge in [0.05, 0.1) is 20.2 Å². The van der Waals surface area contributed by atoms with E-state index in [9.17, 15) is 9.59 Å². The minimum Gasteiger partial charge on any atom is -0.468 e. The van der Waals surface area contributed by atoms with Crippen molar-refractivity contribution in [2.24, 2.45) is 5.92 Å². The molecule has 0 aromatic rings. The summed E-state index contributed by atoms with van der Waals surface area (Å²) >= 11 is 0. The molecule has 32 heavy (non-hydrogen) atoms. The lowest BCUT2D eigenvalue weighted by atomic mass is 9.89. The van der Waals surface area contributed by atoms with E-state index < -0.39 is 0 Å². The second-order valence-electron chi connectivity index (χ2n) is 10.7. The van der Waals surface area contributed by atoms with E-state index in [1.807, 2.05) is 4.90 Å². The number of piperazine rings is 1. The Balaban J connectivity index is 1.27. The molecule has 3 saturated heterocycles. The molecule has 1 atom stereocenters. The monoisotopic (exact) mass is 452 g/mol. The zero-order chi connectivity index (χ0) is 23.1. The van der Waals surface area contributed by atoms with E-state index >= 15 is 0 Å². The van der Waals surface area contributed by atoms with Crippen molar-refractivity contribution in [1.29, 1.82) is 0 Å². The van der Waals surface area contributed by atoms with Gasteiger partial charge in [-0.1, -0.05) is 12.8 Å². The second-order valence-corrected chi connectivity index (χ2v) is 10.7. The first kappa shape index (κ1) is 25.2. The van der Waals surface area contributed by atoms with Crippen LogP contribution in [0.1, 0.15) is 52.9 Å². The maximum absolute atomic E-state index is 12.3. The number of rotatable bonds is 9. The van der Waals surface area contributed by atoms with Crippen molar-refractivity contribution in [3.8, 4) is 0 Å². The predicted molar refractivity (Wildman–Crippen MR) is 125 cm³/mol. The number of carbonyl (C=O) groups is 2. The molecule has 3 rings (SSSR count). The van der Waals surface area contributed by atoms with Gasteiger partial charge < -0.3 is 14.4 Å². The Hall–Kier alpha value is -1.38. The summed E-state index contributed by atoms with van der Waals surface area (Å²) in [5.41, 5.74) is 0.286. The summed E-state index contributed by atoms with van der Waals surface area (Å²) in [4.78, 5) is 32.6. The zero-order valence-electron chi connectivity index (χ0n) is 20.7. The largest absolute Gasteiger partial charge is 0.468 e. The summed E-state index contributed by atoms with van der Waals surface area (Å²) in [5.74, 6) is 0.652. The van der Waals surface area contributed by atoms with Gasteiger partial charge in [0.1, 0.15) is 6.10 Å². The number of carbonyl (C=O) groups excluding carboxylic acids is 2. The smallest absolute Gasteiger partial charge is 0.410 e. The third kappa shape index (κ3) is 7.59. The fourth-order valence-electron chi connectivity index (χ4n) is 5.15. The van der Waals surface area contributed by atoms with Crippen molar-refractivity contribution in [3.63, 3.8) is 0 Å². The van der Waals surface area contributed by atoms with Crippen LogP contribution in [0.2, 0.25) is 0 Å². The molecule has 0 saturated carbocycles. The number of esters is 1. The van der Waals surface area contributed by atoms with Crippen LogP contribution in [-0.2, 0) is 14.3 Å². The molecule has 0 aromatic carbocycles. The number of cyclic esters (lactones) is 1. The number of methoxy groups -OCH3 is 1. The Kier molecular flexibility index (Phi) is 9.20. The molecule has 0 N–H and O–H groups in total. The molecule has 3 heterocycles. The predicted octanol–water partition coefficient (Wildman–Crippen LogP) is 2.28. The summed E-state index contributed by atoms with van der Waals surface area (Å²) in [5, 5.41) is 0. The summed E-state index contributed by atoms with van der Waals surface area (Å²) in [7, 11) is 1.43. The van der Waals surface area contributed by atoms with Crippen LogP contribution in [0.4, 0.5) is 4.79 Å². The Morgan fingerprint density at radius 1 is 1.03 bits per heavy atom. The molecule has 184 valence electrons. The molecular weight excluding hydrogens is 408 g/mol. The Labute approximate surface area is 194 Å². The standard InChI is InChI=1S/C24H44N4O4/c1-24(2,3)28-11-8-20(9-12-28)7-5-6-10-27-18-21(32-23(27)30)17-25-13-15-26(16-14-25)19-22(29)31-4/h20-21H,5-19H2,1-4H3. The van der Waals surface area contributed by atoms with E-state index in [-0.39, 0.29) is 23.7 Å². The van der Waals surface area contributed by atoms with Crippen molar-refractivity contribution in [2.45, 2.75) is 64.5 Å². The lowest BCUT2D eigenvalue weighted by Gasteiger charge is -2.41. The van der Waals surface area contributed by atoms with Crippen LogP contribution in [0.5, 0.6) is 0 Å². The summed E-state index contributed by atoms with van der Waals surface area (Å²) < 4.78 is 10.4. The third-order valence-corrected chi connectivity index (χ3v) is 7.31. The van der Waals surface area contributed by atoms with Gasteiger partial charge in [0.25, 0.3) is 0 Å². The molecule has 3 aliphatic heterocycles. The molecule has 3 aliphatic rings. The SMILES string of the molecule is COC(=O)CN1CCN(CC2CN(CCCCC3CCN(C(C)(C)C)CC3)C(=O)O2)CC1. The van der Waals surface area contributed by atoms with E-state index in [1.54, 1.807) is 0 Å². The van der Waals surface area contributed by atoms with Crippen molar-refractivity contribution in [1.82, 2.24) is 19.6 Å². The number of unbranched alkanes of at least 4 members (excludes halogenated alkanes) is 1. The number of amides is 1. The lowest BCUT2D eigenvalue weighted by Crippen LogP contribution is -2.50. The molecule has 1 amide bonds. The van der Waals surface area contributed by atoms with E-state index in [2.05, 4.69) is 35.5 Å². The van der Waals surface area contributed by atoms with Crippen LogP contribution in [0.3, 0.4) is 0 Å². The molecule has 8 heteroatoms. The average molecular weight is 453 g/mol. The van der Waals surface area contributed by atoms with Crippen LogP contribution >= 0.6 is 0 Å². The van der Waals surface area contributed by atoms with Gasteiger partial charge in [-0.3, -0.25) is 19.5 Å². The number of hydrogen-bond donors (Lipinski definition) is 0. The van der Waals surface area contributed by atoms with E-state index in [1.165, 1.54) is 45.9 Å². The molecular formula is C24H44N4O4. The summed E-state index contributed by atoms with van der Waals surface area (Å²) in [6.07, 6.45) is 5.94. The fraction of sp³-hybridized carbons (Fsp3) is 0.917. The lowest BCUT2D eigenvalue weighted by molar-refractivity contribution is -0.142. The van der Waals surface area contributed by atoms with E-state index in [0.717, 1.165) is 51.6 Å². The summed E-state index contributed by atoms with van der Waals surface area (Å²) in [6.45, 7) is 15.4. The van der Waals surface area contributed by atoms with Crippen molar-refractivity contribution < 1.29 is 19.1 Å². The number of ether oxygens (including phenoxy) is 2. The Bertz CT molecular complexity index is 608. The van der Waals surface area contributed by atoms with Crippen LogP contribution in [-0.4, -0.2) is 116 Å². The van der Waals surface area contributed by atoms with Gasteiger partial charge in [0.15, 0.2) is 0 Å². The van der Waals surface area contributed by atoms with Gasteiger partial charge in [-0.15, -0.1) is 0 Å². The molecule has 3 fully saturated rings. The average Bonchev–Trinajstić information content (AvgIpc) is 3.11. The van der Waals surface area contributed by atoms with Crippen LogP contribution < -0.4 is 0 Å². The highest BCUT2D eigenvalue weighted by Gasteiger charge is 2.33. The first-order chi connectivity index (χ1) is 15.2. The molecule has 1 unspecified atom stereocenters. The molecule has 0 aromatic heterocycles. The van der Waals surface area contributed by atoms with Gasteiger partial charge in [-0.05, 0) is 59.0 Å². The highest BCUT2D eigenvalue weighted by Crippen LogP contribution is 2.27. The maximum Gasteiger partial charge on any atom is 0.410 e. The minimum absolute atomic E-state index is 0.0450. The van der Waals surface area contributed by atoms with Crippen molar-refractivity contribution in [3.05, 3.63) is 0 Å². The van der Waals surface area contributed by atoms with Gasteiger partial charge in [0.2, 0.25) is 0 Å². The highest BCUT2D eigenvalue weighted by molar-refractivity contribution is 5.71. The molecule has 0 spiro atoms. The van der Waals surface area contributed by atoms with E-state index in [4.69, 9.17) is 9.47 Å². The molecule has 0 bridgehead atoms. The molecule has 0 aliphatic carbocycles. The van der Waals surface area contributed by atoms with E-state index in [0.29, 0.717) is 13.1 Å². The Morgan fingerprint density at radius 2 is 1.69 bits per heavy atom. The first-order valence-corrected chi connectivity index (χ1v) is 12.5. The van der Waals surface area contributed by atoms with Gasteiger partial charge >= 0.3 is 12.1 Å². The van der Waals surface area contributed by atoms with Gasteiger partial charge in [-0.2, -0.15) is 0 Å². The van der Waals surface area contributed by atoms with Crippen LogP contribution in [0.15, 0.2) is 0 Å². The number of nitrogens with zero attached hydrogens (tertiary/aromatic N) is 4. The highest BCUT2D eigenvalue weighted by atomic mass is 16.6. The number of likely N-dealkylation sites (tertiary alicyclic amines) is 1. The Morgan fingerprint density at radius 3 is 2.31 bits per heavy atom. The molecule has 0 radical (unpaired) electrons. The topological polar surface area (TPSA) is 65.6 Å². The number of piperidine rings is 1. The normalized spacial score (nSPS) is 24.7. The second kappa shape index (κ2) is 11.7. The fourth-order valence-corrected chi connectivity index (χ4v) is 5.15. The van der Waals surface area contributed by atoms with Crippen molar-refractivity contribution in [2.75, 3.05) is 72.6 Å². The molecule has 8 nitrogen and oxygen atoms in total. The summed E-state index contributed by atoms with van der Waals surface area (Å²) in [6, 6.07) is 0. The first-order valence-electron chi connectivity index (χ1n) is 12.5. The minimum atomic E-state index is -0.186. The zero-order valence-corrected chi connectivity index (χ0v) is 20.7. The van der Waals surface area contributed by atoms with Gasteiger partial charge in [0, 0.05) is 44.8 Å².